The van der Waals surface area contributed by atoms with Gasteiger partial charge in [-0.15, -0.1) is 0 Å². The van der Waals surface area contributed by atoms with Gasteiger partial charge in [0.05, 0.1) is 0 Å². The predicted molar refractivity (Wildman–Crippen MR) is 58.0 cm³/mol. The number of hydrogen-bond acceptors (Lipinski definition) is 2. The second-order valence-electron chi connectivity index (χ2n) is 3.41. The summed E-state index contributed by atoms with van der Waals surface area (Å²) in [5, 5.41) is 8.59. The average molecular weight is 224 g/mol. The van der Waals surface area contributed by atoms with E-state index in [1.54, 1.807) is 13.0 Å². The Morgan fingerprint density at radius 1 is 1.56 bits per heavy atom. The second kappa shape index (κ2) is 5.30. The largest absolute Gasteiger partial charge is 0.490 e. The maximum absolute atomic E-state index is 12.9. The first-order valence-electron chi connectivity index (χ1n) is 4.79. The number of hydrogen-bond donors (Lipinski definition) is 1. The van der Waals surface area contributed by atoms with Crippen LogP contribution in [0, 0.1) is 12.7 Å². The Labute approximate surface area is 93.2 Å². The van der Waals surface area contributed by atoms with Crippen LogP contribution in [0.2, 0.25) is 0 Å². The number of ether oxygens (including phenoxy) is 1. The van der Waals surface area contributed by atoms with E-state index in [4.69, 9.17) is 9.84 Å². The van der Waals surface area contributed by atoms with Crippen LogP contribution in [0.3, 0.4) is 0 Å². The molecular weight excluding hydrogens is 211 g/mol. The summed E-state index contributed by atoms with van der Waals surface area (Å²) < 4.78 is 18.2. The Morgan fingerprint density at radius 2 is 2.25 bits per heavy atom. The van der Waals surface area contributed by atoms with Crippen LogP contribution in [0.1, 0.15) is 12.5 Å². The van der Waals surface area contributed by atoms with Crippen LogP contribution in [0.4, 0.5) is 4.39 Å². The zero-order valence-corrected chi connectivity index (χ0v) is 9.16. The number of carboxylic acids is 1. The lowest BCUT2D eigenvalue weighted by Gasteiger charge is -2.04. The van der Waals surface area contributed by atoms with Crippen molar-refractivity contribution in [3.05, 3.63) is 41.2 Å². The van der Waals surface area contributed by atoms with Gasteiger partial charge in [0, 0.05) is 5.57 Å². The van der Waals surface area contributed by atoms with E-state index in [0.29, 0.717) is 11.3 Å². The van der Waals surface area contributed by atoms with Crippen molar-refractivity contribution < 1.29 is 19.0 Å². The molecule has 1 N–H and O–H groups in total. The minimum Gasteiger partial charge on any atom is -0.490 e. The lowest BCUT2D eigenvalue weighted by Crippen LogP contribution is -2.01. The third-order valence-corrected chi connectivity index (χ3v) is 2.11. The highest BCUT2D eigenvalue weighted by Gasteiger charge is 2.01. The summed E-state index contributed by atoms with van der Waals surface area (Å²) in [6.45, 7) is 3.28. The number of aryl methyl sites for hydroxylation is 1. The molecule has 1 aromatic rings. The number of rotatable bonds is 4. The van der Waals surface area contributed by atoms with Gasteiger partial charge in [-0.25, -0.2) is 9.18 Å². The molecule has 4 heteroatoms. The van der Waals surface area contributed by atoms with Crippen molar-refractivity contribution in [3.63, 3.8) is 0 Å². The van der Waals surface area contributed by atoms with E-state index in [1.807, 2.05) is 0 Å². The third-order valence-electron chi connectivity index (χ3n) is 2.11. The van der Waals surface area contributed by atoms with E-state index >= 15 is 0 Å². The van der Waals surface area contributed by atoms with Gasteiger partial charge in [-0.2, -0.15) is 0 Å². The molecule has 0 aliphatic carbocycles. The second-order valence-corrected chi connectivity index (χ2v) is 3.41. The van der Waals surface area contributed by atoms with Crippen LogP contribution in [-0.4, -0.2) is 17.7 Å². The molecule has 86 valence electrons. The molecule has 0 saturated carbocycles. The molecule has 16 heavy (non-hydrogen) atoms. The quantitative estimate of drug-likeness (QED) is 0.799. The SMILES string of the molecule is C/C(=C/COc1ccc(F)c(C)c1)C(=O)O. The van der Waals surface area contributed by atoms with Crippen molar-refractivity contribution in [3.8, 4) is 5.75 Å². The fraction of sp³-hybridized carbons (Fsp3) is 0.250. The third kappa shape index (κ3) is 3.38. The van der Waals surface area contributed by atoms with Crippen LogP contribution in [0.15, 0.2) is 29.8 Å². The molecule has 0 spiro atoms. The van der Waals surface area contributed by atoms with E-state index < -0.39 is 5.97 Å². The van der Waals surface area contributed by atoms with Gasteiger partial charge < -0.3 is 9.84 Å². The van der Waals surface area contributed by atoms with Gasteiger partial charge in [0.25, 0.3) is 0 Å². The van der Waals surface area contributed by atoms with Crippen molar-refractivity contribution in [1.82, 2.24) is 0 Å². The smallest absolute Gasteiger partial charge is 0.331 e. The topological polar surface area (TPSA) is 46.5 Å². The molecule has 1 aromatic carbocycles. The van der Waals surface area contributed by atoms with E-state index in [2.05, 4.69) is 0 Å². The Morgan fingerprint density at radius 3 is 2.81 bits per heavy atom. The van der Waals surface area contributed by atoms with Gasteiger partial charge >= 0.3 is 5.97 Å². The summed E-state index contributed by atoms with van der Waals surface area (Å²) in [5.41, 5.74) is 0.718. The number of halogens is 1. The van der Waals surface area contributed by atoms with Gasteiger partial charge in [-0.1, -0.05) is 0 Å². The van der Waals surface area contributed by atoms with Crippen molar-refractivity contribution in [2.45, 2.75) is 13.8 Å². The summed E-state index contributed by atoms with van der Waals surface area (Å²) >= 11 is 0. The van der Waals surface area contributed by atoms with E-state index in [1.165, 1.54) is 25.1 Å². The number of benzene rings is 1. The highest BCUT2D eigenvalue weighted by atomic mass is 19.1. The molecule has 0 aliphatic rings. The highest BCUT2D eigenvalue weighted by Crippen LogP contribution is 2.15. The first-order chi connectivity index (χ1) is 7.50. The predicted octanol–water partition coefficient (Wildman–Crippen LogP) is 2.54. The Balaban J connectivity index is 2.59. The minimum absolute atomic E-state index is 0.156. The van der Waals surface area contributed by atoms with Crippen LogP contribution in [-0.2, 0) is 4.79 Å². The normalized spacial score (nSPS) is 11.3. The molecule has 0 amide bonds. The van der Waals surface area contributed by atoms with Gasteiger partial charge in [0.2, 0.25) is 0 Å². The molecule has 1 rings (SSSR count). The molecular formula is C12H13FO3. The molecule has 0 unspecified atom stereocenters. The summed E-state index contributed by atoms with van der Waals surface area (Å²) in [5.74, 6) is -0.739. The van der Waals surface area contributed by atoms with Crippen molar-refractivity contribution >= 4 is 5.97 Å². The van der Waals surface area contributed by atoms with Crippen LogP contribution < -0.4 is 4.74 Å². The molecule has 0 saturated heterocycles. The lowest BCUT2D eigenvalue weighted by atomic mass is 10.2. The van der Waals surface area contributed by atoms with Crippen LogP contribution in [0.5, 0.6) is 5.75 Å². The monoisotopic (exact) mass is 224 g/mol. The number of aliphatic carboxylic acids is 1. The molecule has 0 aromatic heterocycles. The van der Waals surface area contributed by atoms with Crippen molar-refractivity contribution in [1.29, 1.82) is 0 Å². The fourth-order valence-corrected chi connectivity index (χ4v) is 1.06. The van der Waals surface area contributed by atoms with E-state index in [9.17, 15) is 9.18 Å². The van der Waals surface area contributed by atoms with Gasteiger partial charge in [-0.3, -0.25) is 0 Å². The van der Waals surface area contributed by atoms with Gasteiger partial charge in [-0.05, 0) is 43.7 Å². The fourth-order valence-electron chi connectivity index (χ4n) is 1.06. The molecule has 0 fully saturated rings. The Kier molecular flexibility index (Phi) is 4.05. The molecule has 0 bridgehead atoms. The first kappa shape index (κ1) is 12.2. The summed E-state index contributed by atoms with van der Waals surface area (Å²) in [4.78, 5) is 10.5. The molecule has 0 radical (unpaired) electrons. The van der Waals surface area contributed by atoms with Crippen molar-refractivity contribution in [2.24, 2.45) is 0 Å². The maximum Gasteiger partial charge on any atom is 0.331 e. The standard InChI is InChI=1S/C12H13FO3/c1-8(12(14)15)5-6-16-10-3-4-11(13)9(2)7-10/h3-5,7H,6H2,1-2H3,(H,14,15)/b8-5-. The number of carboxylic acid groups (broad SMARTS) is 1. The maximum atomic E-state index is 12.9. The summed E-state index contributed by atoms with van der Waals surface area (Å²) in [6, 6.07) is 4.39. The van der Waals surface area contributed by atoms with Gasteiger partial charge in [0.1, 0.15) is 18.2 Å². The minimum atomic E-state index is -0.973. The lowest BCUT2D eigenvalue weighted by molar-refractivity contribution is -0.132. The summed E-state index contributed by atoms with van der Waals surface area (Å²) in [6.07, 6.45) is 1.46. The van der Waals surface area contributed by atoms with Gasteiger partial charge in [0.15, 0.2) is 0 Å². The molecule has 0 heterocycles. The molecule has 0 aliphatic heterocycles. The van der Waals surface area contributed by atoms with E-state index in [0.717, 1.165) is 0 Å². The molecule has 0 atom stereocenters. The average Bonchev–Trinajstić information content (AvgIpc) is 2.23. The first-order valence-corrected chi connectivity index (χ1v) is 4.79. The molecule has 3 nitrogen and oxygen atoms in total. The highest BCUT2D eigenvalue weighted by molar-refractivity contribution is 5.85. The zero-order chi connectivity index (χ0) is 12.1. The Hall–Kier alpha value is -1.84. The van der Waals surface area contributed by atoms with E-state index in [-0.39, 0.29) is 18.0 Å². The van der Waals surface area contributed by atoms with Crippen LogP contribution >= 0.6 is 0 Å². The zero-order valence-electron chi connectivity index (χ0n) is 9.16. The van der Waals surface area contributed by atoms with Crippen molar-refractivity contribution in [2.75, 3.05) is 6.61 Å². The van der Waals surface area contributed by atoms with Crippen LogP contribution in [0.25, 0.3) is 0 Å². The summed E-state index contributed by atoms with van der Waals surface area (Å²) in [7, 11) is 0. The Bertz CT molecular complexity index is 424. The number of carbonyl (C=O) groups is 1.